The summed E-state index contributed by atoms with van der Waals surface area (Å²) in [5, 5.41) is -0.125. The van der Waals surface area contributed by atoms with Gasteiger partial charge in [-0.2, -0.15) is 0 Å². The van der Waals surface area contributed by atoms with Crippen LogP contribution in [0.4, 0.5) is 4.39 Å². The smallest absolute Gasteiger partial charge is 0.123 e. The number of halogens is 2. The molecule has 0 aliphatic carbocycles. The predicted octanol–water partition coefficient (Wildman–Crippen LogP) is 5.53. The van der Waals surface area contributed by atoms with E-state index in [4.69, 9.17) is 16.3 Å². The Balaban J connectivity index is 1.93. The number of hydrogen-bond donors (Lipinski definition) is 0. The van der Waals surface area contributed by atoms with Gasteiger partial charge in [0.05, 0.1) is 12.0 Å². The van der Waals surface area contributed by atoms with Crippen molar-refractivity contribution in [3.8, 4) is 5.75 Å². The summed E-state index contributed by atoms with van der Waals surface area (Å²) in [5.74, 6) is 0.649. The number of alkyl halides is 1. The molecule has 0 bridgehead atoms. The van der Waals surface area contributed by atoms with Crippen LogP contribution in [0, 0.1) is 5.82 Å². The Morgan fingerprint density at radius 1 is 1.05 bits per heavy atom. The van der Waals surface area contributed by atoms with Crippen LogP contribution in [0.3, 0.4) is 0 Å². The van der Waals surface area contributed by atoms with E-state index >= 15 is 0 Å². The largest absolute Gasteiger partial charge is 0.494 e. The Labute approximate surface area is 130 Å². The second-order valence-corrected chi connectivity index (χ2v) is 5.60. The molecular formula is C18H20ClFO. The molecule has 2 aromatic rings. The zero-order valence-electron chi connectivity index (χ0n) is 12.2. The Kier molecular flexibility index (Phi) is 6.06. The van der Waals surface area contributed by atoms with E-state index < -0.39 is 0 Å². The van der Waals surface area contributed by atoms with Crippen LogP contribution in [0.1, 0.15) is 36.3 Å². The number of benzene rings is 2. The lowest BCUT2D eigenvalue weighted by atomic mass is 10.0. The maximum atomic E-state index is 12.9. The Hall–Kier alpha value is -1.54. The highest BCUT2D eigenvalue weighted by Gasteiger charge is 2.09. The van der Waals surface area contributed by atoms with E-state index in [1.165, 1.54) is 12.1 Å². The van der Waals surface area contributed by atoms with E-state index in [2.05, 4.69) is 6.92 Å². The molecule has 0 fully saturated rings. The van der Waals surface area contributed by atoms with Gasteiger partial charge in [0.1, 0.15) is 11.6 Å². The minimum Gasteiger partial charge on any atom is -0.494 e. The molecule has 0 aliphatic heterocycles. The van der Waals surface area contributed by atoms with Crippen LogP contribution < -0.4 is 4.74 Å². The normalized spacial score (nSPS) is 12.1. The van der Waals surface area contributed by atoms with E-state index in [9.17, 15) is 4.39 Å². The van der Waals surface area contributed by atoms with Crippen molar-refractivity contribution in [3.63, 3.8) is 0 Å². The first-order chi connectivity index (χ1) is 10.2. The number of rotatable bonds is 7. The van der Waals surface area contributed by atoms with Gasteiger partial charge in [-0.1, -0.05) is 37.6 Å². The molecule has 0 aromatic heterocycles. The average Bonchev–Trinajstić information content (AvgIpc) is 2.50. The van der Waals surface area contributed by atoms with Crippen molar-refractivity contribution in [2.24, 2.45) is 0 Å². The second kappa shape index (κ2) is 8.04. The van der Waals surface area contributed by atoms with Gasteiger partial charge >= 0.3 is 0 Å². The van der Waals surface area contributed by atoms with Crippen LogP contribution in [0.5, 0.6) is 5.75 Å². The molecule has 2 rings (SSSR count). The molecule has 0 radical (unpaired) electrons. The van der Waals surface area contributed by atoms with Crippen LogP contribution in [-0.2, 0) is 6.42 Å². The quantitative estimate of drug-likeness (QED) is 0.483. The summed E-state index contributed by atoms with van der Waals surface area (Å²) >= 11 is 6.43. The van der Waals surface area contributed by atoms with E-state index in [0.717, 1.165) is 36.3 Å². The van der Waals surface area contributed by atoms with Crippen molar-refractivity contribution >= 4 is 11.6 Å². The average molecular weight is 307 g/mol. The van der Waals surface area contributed by atoms with Gasteiger partial charge in [-0.25, -0.2) is 4.39 Å². The van der Waals surface area contributed by atoms with Crippen LogP contribution in [-0.4, -0.2) is 6.61 Å². The molecule has 0 saturated heterocycles. The zero-order valence-corrected chi connectivity index (χ0v) is 12.9. The molecule has 21 heavy (non-hydrogen) atoms. The van der Waals surface area contributed by atoms with Crippen LogP contribution in [0.2, 0.25) is 0 Å². The van der Waals surface area contributed by atoms with Gasteiger partial charge < -0.3 is 4.74 Å². The third-order valence-electron chi connectivity index (χ3n) is 3.34. The monoisotopic (exact) mass is 306 g/mol. The van der Waals surface area contributed by atoms with Crippen LogP contribution in [0.25, 0.3) is 0 Å². The zero-order chi connectivity index (χ0) is 15.1. The molecule has 112 valence electrons. The summed E-state index contributed by atoms with van der Waals surface area (Å²) in [7, 11) is 0. The minimum atomic E-state index is -0.224. The van der Waals surface area contributed by atoms with E-state index in [0.29, 0.717) is 6.42 Å². The first kappa shape index (κ1) is 15.8. The molecule has 1 unspecified atom stereocenters. The fraction of sp³-hybridized carbons (Fsp3) is 0.333. The molecule has 0 amide bonds. The van der Waals surface area contributed by atoms with Crippen molar-refractivity contribution in [2.75, 3.05) is 6.61 Å². The summed E-state index contributed by atoms with van der Waals surface area (Å²) in [6.45, 7) is 2.88. The van der Waals surface area contributed by atoms with Crippen molar-refractivity contribution in [2.45, 2.75) is 31.6 Å². The van der Waals surface area contributed by atoms with Gasteiger partial charge in [0.15, 0.2) is 0 Å². The van der Waals surface area contributed by atoms with Crippen molar-refractivity contribution in [1.29, 1.82) is 0 Å². The lowest BCUT2D eigenvalue weighted by Gasteiger charge is -2.11. The van der Waals surface area contributed by atoms with Gasteiger partial charge in [-0.15, -0.1) is 11.6 Å². The van der Waals surface area contributed by atoms with Gasteiger partial charge in [-0.3, -0.25) is 0 Å². The Bertz CT molecular complexity index is 536. The molecule has 2 aromatic carbocycles. The number of unbranched alkanes of at least 4 members (excludes halogenated alkanes) is 1. The topological polar surface area (TPSA) is 9.23 Å². The van der Waals surface area contributed by atoms with Crippen molar-refractivity contribution in [3.05, 3.63) is 65.5 Å². The van der Waals surface area contributed by atoms with Crippen molar-refractivity contribution in [1.82, 2.24) is 0 Å². The first-order valence-electron chi connectivity index (χ1n) is 7.30. The summed E-state index contributed by atoms with van der Waals surface area (Å²) in [6.07, 6.45) is 2.86. The van der Waals surface area contributed by atoms with Gasteiger partial charge in [0, 0.05) is 0 Å². The highest BCUT2D eigenvalue weighted by Crippen LogP contribution is 2.26. The molecule has 1 atom stereocenters. The predicted molar refractivity (Wildman–Crippen MR) is 85.5 cm³/mol. The van der Waals surface area contributed by atoms with Gasteiger partial charge in [-0.05, 0) is 48.2 Å². The van der Waals surface area contributed by atoms with Gasteiger partial charge in [0.2, 0.25) is 0 Å². The summed E-state index contributed by atoms with van der Waals surface area (Å²) in [5.41, 5.74) is 2.07. The molecule has 3 heteroatoms. The lowest BCUT2D eigenvalue weighted by Crippen LogP contribution is -1.98. The van der Waals surface area contributed by atoms with Gasteiger partial charge in [0.25, 0.3) is 0 Å². The molecule has 0 saturated carbocycles. The molecule has 0 aliphatic rings. The number of ether oxygens (including phenoxy) is 1. The van der Waals surface area contributed by atoms with Crippen molar-refractivity contribution < 1.29 is 9.13 Å². The first-order valence-corrected chi connectivity index (χ1v) is 7.74. The molecule has 0 N–H and O–H groups in total. The maximum absolute atomic E-state index is 12.9. The Morgan fingerprint density at radius 2 is 1.71 bits per heavy atom. The standard InChI is InChI=1S/C18H20ClFO/c1-2-3-12-21-17-10-6-15(7-11-17)18(19)13-14-4-8-16(20)9-5-14/h4-11,18H,2-3,12-13H2,1H3. The lowest BCUT2D eigenvalue weighted by molar-refractivity contribution is 0.309. The third-order valence-corrected chi connectivity index (χ3v) is 3.74. The highest BCUT2D eigenvalue weighted by molar-refractivity contribution is 6.20. The molecular weight excluding hydrogens is 287 g/mol. The fourth-order valence-electron chi connectivity index (χ4n) is 2.05. The van der Waals surface area contributed by atoms with Crippen LogP contribution >= 0.6 is 11.6 Å². The highest BCUT2D eigenvalue weighted by atomic mass is 35.5. The fourth-order valence-corrected chi connectivity index (χ4v) is 2.38. The van der Waals surface area contributed by atoms with E-state index in [1.54, 1.807) is 12.1 Å². The van der Waals surface area contributed by atoms with E-state index in [-0.39, 0.29) is 11.2 Å². The SMILES string of the molecule is CCCCOc1ccc(C(Cl)Cc2ccc(F)cc2)cc1. The summed E-state index contributed by atoms with van der Waals surface area (Å²) in [4.78, 5) is 0. The Morgan fingerprint density at radius 3 is 2.33 bits per heavy atom. The maximum Gasteiger partial charge on any atom is 0.123 e. The summed E-state index contributed by atoms with van der Waals surface area (Å²) in [6, 6.07) is 14.3. The minimum absolute atomic E-state index is 0.125. The number of hydrogen-bond acceptors (Lipinski definition) is 1. The van der Waals surface area contributed by atoms with E-state index in [1.807, 2.05) is 24.3 Å². The second-order valence-electron chi connectivity index (χ2n) is 5.07. The van der Waals surface area contributed by atoms with Crippen LogP contribution in [0.15, 0.2) is 48.5 Å². The summed E-state index contributed by atoms with van der Waals surface area (Å²) < 4.78 is 18.5. The molecule has 0 spiro atoms. The third kappa shape index (κ3) is 5.05. The molecule has 1 nitrogen and oxygen atoms in total. The molecule has 0 heterocycles.